The number of anilines is 1. The Balaban J connectivity index is 3.03. The molecule has 1 aromatic heterocycles. The molecule has 20 heavy (non-hydrogen) atoms. The van der Waals surface area contributed by atoms with E-state index in [9.17, 15) is 10.1 Å². The fourth-order valence-corrected chi connectivity index (χ4v) is 1.60. The number of nitro groups is 1. The van der Waals surface area contributed by atoms with Gasteiger partial charge < -0.3 is 20.6 Å². The van der Waals surface area contributed by atoms with Crippen molar-refractivity contribution in [3.05, 3.63) is 27.9 Å². The van der Waals surface area contributed by atoms with Crippen LogP contribution in [0.1, 0.15) is 12.1 Å². The van der Waals surface area contributed by atoms with E-state index in [4.69, 9.17) is 15.7 Å². The highest BCUT2D eigenvalue weighted by Crippen LogP contribution is 2.20. The van der Waals surface area contributed by atoms with Gasteiger partial charge in [0.05, 0.1) is 4.92 Å². The summed E-state index contributed by atoms with van der Waals surface area (Å²) in [7, 11) is 3.40. The van der Waals surface area contributed by atoms with Gasteiger partial charge in [0.2, 0.25) is 0 Å². The monoisotopic (exact) mass is 283 g/mol. The average molecular weight is 283 g/mol. The van der Waals surface area contributed by atoms with Crippen LogP contribution in [0, 0.1) is 10.1 Å². The predicted molar refractivity (Wildman–Crippen MR) is 73.2 cm³/mol. The number of amidine groups is 1. The van der Waals surface area contributed by atoms with Gasteiger partial charge >= 0.3 is 0 Å². The molecule has 0 aliphatic rings. The number of hydrogen-bond acceptors (Lipinski definition) is 7. The quantitative estimate of drug-likeness (QED) is 0.187. The number of oxime groups is 1. The number of hydrogen-bond donors (Lipinski definition) is 2. The number of methoxy groups -OCH3 is 1. The number of nitrogens with two attached hydrogens (primary N) is 1. The Morgan fingerprint density at radius 2 is 2.35 bits per heavy atom. The summed E-state index contributed by atoms with van der Waals surface area (Å²) in [6.45, 7) is 1.26. The van der Waals surface area contributed by atoms with Gasteiger partial charge in [0.25, 0.3) is 5.69 Å². The Bertz CT molecular complexity index is 506. The minimum absolute atomic E-state index is 0.159. The molecule has 0 aromatic carbocycles. The van der Waals surface area contributed by atoms with E-state index >= 15 is 0 Å². The third-order valence-corrected chi connectivity index (χ3v) is 2.64. The number of ether oxygens (including phenoxy) is 1. The van der Waals surface area contributed by atoms with Crippen LogP contribution in [-0.2, 0) is 4.74 Å². The molecule has 0 fully saturated rings. The van der Waals surface area contributed by atoms with Crippen molar-refractivity contribution in [2.24, 2.45) is 10.9 Å². The second-order valence-electron chi connectivity index (χ2n) is 4.05. The van der Waals surface area contributed by atoms with Crippen LogP contribution in [0.5, 0.6) is 0 Å². The van der Waals surface area contributed by atoms with Gasteiger partial charge in [-0.05, 0) is 12.5 Å². The van der Waals surface area contributed by atoms with Crippen LogP contribution in [0.3, 0.4) is 0 Å². The van der Waals surface area contributed by atoms with Gasteiger partial charge in [0.1, 0.15) is 5.82 Å². The van der Waals surface area contributed by atoms with E-state index < -0.39 is 10.8 Å². The van der Waals surface area contributed by atoms with Crippen molar-refractivity contribution < 1.29 is 14.9 Å². The van der Waals surface area contributed by atoms with Gasteiger partial charge in [0, 0.05) is 33.4 Å². The highest BCUT2D eigenvalue weighted by atomic mass is 16.6. The normalized spacial score (nSPS) is 11.4. The van der Waals surface area contributed by atoms with E-state index in [0.717, 1.165) is 6.42 Å². The second kappa shape index (κ2) is 7.24. The van der Waals surface area contributed by atoms with Crippen LogP contribution < -0.4 is 10.6 Å². The maximum atomic E-state index is 10.9. The largest absolute Gasteiger partial charge is 0.409 e. The molecule has 3 N–H and O–H groups in total. The highest BCUT2D eigenvalue weighted by Gasteiger charge is 2.20. The van der Waals surface area contributed by atoms with Crippen molar-refractivity contribution in [2.45, 2.75) is 6.42 Å². The molecule has 0 spiro atoms. The first kappa shape index (κ1) is 15.6. The second-order valence-corrected chi connectivity index (χ2v) is 4.05. The van der Waals surface area contributed by atoms with Gasteiger partial charge in [-0.2, -0.15) is 0 Å². The van der Waals surface area contributed by atoms with E-state index in [1.807, 2.05) is 0 Å². The number of pyridine rings is 1. The van der Waals surface area contributed by atoms with Gasteiger partial charge in [-0.3, -0.25) is 10.1 Å². The summed E-state index contributed by atoms with van der Waals surface area (Å²) in [6, 6.07) is 2.79. The van der Waals surface area contributed by atoms with Gasteiger partial charge in [-0.25, -0.2) is 4.98 Å². The molecule has 0 saturated heterocycles. The summed E-state index contributed by atoms with van der Waals surface area (Å²) >= 11 is 0. The maximum absolute atomic E-state index is 10.9. The van der Waals surface area contributed by atoms with E-state index in [1.165, 1.54) is 12.1 Å². The van der Waals surface area contributed by atoms with Gasteiger partial charge in [-0.15, -0.1) is 0 Å². The molecule has 0 atom stereocenters. The van der Waals surface area contributed by atoms with Crippen LogP contribution >= 0.6 is 0 Å². The Labute approximate surface area is 115 Å². The maximum Gasteiger partial charge on any atom is 0.298 e. The molecule has 0 saturated carbocycles. The molecule has 0 amide bonds. The Morgan fingerprint density at radius 3 is 2.90 bits per heavy atom. The summed E-state index contributed by atoms with van der Waals surface area (Å²) in [5.74, 6) is 0.0946. The third kappa shape index (κ3) is 3.79. The molecule has 1 aromatic rings. The summed E-state index contributed by atoms with van der Waals surface area (Å²) in [5, 5.41) is 22.3. The molecule has 110 valence electrons. The molecule has 0 unspecified atom stereocenters. The minimum Gasteiger partial charge on any atom is -0.409 e. The molecular formula is C11H17N5O4. The van der Waals surface area contributed by atoms with Crippen molar-refractivity contribution in [1.82, 2.24) is 4.98 Å². The topological polar surface area (TPSA) is 127 Å². The summed E-state index contributed by atoms with van der Waals surface area (Å²) in [4.78, 5) is 16.1. The third-order valence-electron chi connectivity index (χ3n) is 2.64. The van der Waals surface area contributed by atoms with Crippen LogP contribution in [0.2, 0.25) is 0 Å². The van der Waals surface area contributed by atoms with Crippen molar-refractivity contribution in [2.75, 3.05) is 32.2 Å². The predicted octanol–water partition coefficient (Wildman–Crippen LogP) is 0.557. The highest BCUT2D eigenvalue weighted by molar-refractivity contribution is 5.99. The smallest absolute Gasteiger partial charge is 0.298 e. The molecule has 0 bridgehead atoms. The zero-order chi connectivity index (χ0) is 15.1. The van der Waals surface area contributed by atoms with Crippen molar-refractivity contribution >= 4 is 17.3 Å². The molecule has 1 rings (SSSR count). The zero-order valence-electron chi connectivity index (χ0n) is 11.3. The van der Waals surface area contributed by atoms with E-state index in [1.54, 1.807) is 19.1 Å². The Hall–Kier alpha value is -2.42. The molecular weight excluding hydrogens is 266 g/mol. The molecule has 9 heteroatoms. The Kier molecular flexibility index (Phi) is 5.66. The first-order chi connectivity index (χ1) is 9.51. The minimum atomic E-state index is -0.630. The molecule has 0 aliphatic heterocycles. The fourth-order valence-electron chi connectivity index (χ4n) is 1.60. The van der Waals surface area contributed by atoms with E-state index in [2.05, 4.69) is 10.1 Å². The lowest BCUT2D eigenvalue weighted by Crippen LogP contribution is -2.23. The van der Waals surface area contributed by atoms with Crippen molar-refractivity contribution in [3.8, 4) is 0 Å². The van der Waals surface area contributed by atoms with Crippen molar-refractivity contribution in [1.29, 1.82) is 0 Å². The molecule has 1 heterocycles. The number of aromatic nitrogens is 1. The van der Waals surface area contributed by atoms with Gasteiger partial charge in [0.15, 0.2) is 11.5 Å². The number of nitrogens with zero attached hydrogens (tertiary/aromatic N) is 4. The van der Waals surface area contributed by atoms with E-state index in [-0.39, 0.29) is 11.4 Å². The first-order valence-electron chi connectivity index (χ1n) is 5.84. The van der Waals surface area contributed by atoms with Crippen LogP contribution in [0.25, 0.3) is 0 Å². The fraction of sp³-hybridized carbons (Fsp3) is 0.455. The summed E-state index contributed by atoms with van der Waals surface area (Å²) in [6.07, 6.45) is 0.782. The SMILES string of the molecule is COCCCN(C)c1ccc([N+](=O)[O-])c(/C(N)=N/O)n1. The van der Waals surface area contributed by atoms with Crippen molar-refractivity contribution in [3.63, 3.8) is 0 Å². The van der Waals surface area contributed by atoms with Crippen LogP contribution in [-0.4, -0.2) is 48.3 Å². The summed E-state index contributed by atoms with van der Waals surface area (Å²) in [5.41, 5.74) is 4.95. The lowest BCUT2D eigenvalue weighted by atomic mass is 10.2. The lowest BCUT2D eigenvalue weighted by molar-refractivity contribution is -0.385. The average Bonchev–Trinajstić information content (AvgIpc) is 2.45. The first-order valence-corrected chi connectivity index (χ1v) is 5.84. The lowest BCUT2D eigenvalue weighted by Gasteiger charge is -2.18. The molecule has 0 aliphatic carbocycles. The standard InChI is InChI=1S/C11H17N5O4/c1-15(6-3-7-20-2)9-5-4-8(16(18)19)10(13-9)11(12)14-17/h4-5,17H,3,6-7H2,1-2H3,(H2,12,14). The van der Waals surface area contributed by atoms with Gasteiger partial charge in [-0.1, -0.05) is 5.16 Å². The summed E-state index contributed by atoms with van der Waals surface area (Å²) < 4.78 is 4.95. The number of rotatable bonds is 7. The van der Waals surface area contributed by atoms with Crippen LogP contribution in [0.4, 0.5) is 11.5 Å². The molecule has 0 radical (unpaired) electrons. The zero-order valence-corrected chi connectivity index (χ0v) is 11.3. The van der Waals surface area contributed by atoms with E-state index in [0.29, 0.717) is 19.0 Å². The molecule has 9 nitrogen and oxygen atoms in total. The van der Waals surface area contributed by atoms with Crippen LogP contribution in [0.15, 0.2) is 17.3 Å². The Morgan fingerprint density at radius 1 is 1.65 bits per heavy atom.